The number of thioether (sulfide) groups is 1. The number of halogens is 2. The van der Waals surface area contributed by atoms with Crippen LogP contribution in [0.4, 0.5) is 4.39 Å². The van der Waals surface area contributed by atoms with Crippen molar-refractivity contribution in [1.29, 1.82) is 0 Å². The van der Waals surface area contributed by atoms with Crippen molar-refractivity contribution in [1.82, 2.24) is 0 Å². The third kappa shape index (κ3) is 4.01. The molecule has 1 aromatic rings. The first-order chi connectivity index (χ1) is 6.36. The van der Waals surface area contributed by atoms with Gasteiger partial charge in [-0.25, -0.2) is 0 Å². The van der Waals surface area contributed by atoms with Crippen molar-refractivity contribution < 1.29 is 4.39 Å². The Morgan fingerprint density at radius 3 is 2.46 bits per heavy atom. The average Bonchev–Trinajstić information content (AvgIpc) is 2.19. The fourth-order valence-electron chi connectivity index (χ4n) is 0.919. The molecule has 0 spiro atoms. The van der Waals surface area contributed by atoms with Gasteiger partial charge in [-0.3, -0.25) is 4.39 Å². The van der Waals surface area contributed by atoms with Crippen LogP contribution >= 0.6 is 23.4 Å². The zero-order valence-corrected chi connectivity index (χ0v) is 8.87. The Bertz CT molecular complexity index is 235. The molecule has 0 radical (unpaired) electrons. The predicted molar refractivity (Wildman–Crippen MR) is 57.3 cm³/mol. The van der Waals surface area contributed by atoms with Crippen LogP contribution in [0.3, 0.4) is 0 Å². The highest BCUT2D eigenvalue weighted by atomic mass is 35.5. The summed E-state index contributed by atoms with van der Waals surface area (Å²) in [6, 6.07) is 8.07. The van der Waals surface area contributed by atoms with Crippen LogP contribution in [0.1, 0.15) is 12.0 Å². The second-order valence-corrected chi connectivity index (χ2v) is 4.10. The Balaban J connectivity index is 2.40. The molecule has 0 saturated heterocycles. The molecule has 1 rings (SSSR count). The van der Waals surface area contributed by atoms with E-state index in [-0.39, 0.29) is 6.67 Å². The van der Waals surface area contributed by atoms with Crippen LogP contribution in [-0.4, -0.2) is 12.4 Å². The predicted octanol–water partition coefficient (Wildman–Crippen LogP) is 3.88. The first-order valence-electron chi connectivity index (χ1n) is 4.20. The minimum atomic E-state index is -0.229. The summed E-state index contributed by atoms with van der Waals surface area (Å²) in [4.78, 5) is 1.18. The Labute approximate surface area is 87.5 Å². The van der Waals surface area contributed by atoms with Gasteiger partial charge >= 0.3 is 0 Å². The number of benzene rings is 1. The van der Waals surface area contributed by atoms with Crippen molar-refractivity contribution in [3.05, 3.63) is 29.8 Å². The lowest BCUT2D eigenvalue weighted by Crippen LogP contribution is -1.82. The fraction of sp³-hybridized carbons (Fsp3) is 0.400. The van der Waals surface area contributed by atoms with E-state index in [1.54, 1.807) is 11.8 Å². The molecule has 0 N–H and O–H groups in total. The van der Waals surface area contributed by atoms with E-state index >= 15 is 0 Å². The number of hydrogen-bond donors (Lipinski definition) is 0. The van der Waals surface area contributed by atoms with Crippen LogP contribution in [0, 0.1) is 0 Å². The summed E-state index contributed by atoms with van der Waals surface area (Å²) in [5.41, 5.74) is 1.12. The summed E-state index contributed by atoms with van der Waals surface area (Å²) in [5.74, 6) is 1.39. The monoisotopic (exact) mass is 218 g/mol. The van der Waals surface area contributed by atoms with Gasteiger partial charge in [0.2, 0.25) is 0 Å². The highest BCUT2D eigenvalue weighted by molar-refractivity contribution is 7.99. The molecule has 0 aromatic heterocycles. The maximum atomic E-state index is 11.8. The summed E-state index contributed by atoms with van der Waals surface area (Å²) in [5, 5.41) is 0. The number of alkyl halides is 2. The van der Waals surface area contributed by atoms with Crippen molar-refractivity contribution in [3.8, 4) is 0 Å². The van der Waals surface area contributed by atoms with E-state index in [1.807, 2.05) is 24.3 Å². The van der Waals surface area contributed by atoms with Gasteiger partial charge in [0.15, 0.2) is 0 Å². The van der Waals surface area contributed by atoms with Crippen LogP contribution in [0.2, 0.25) is 0 Å². The molecule has 72 valence electrons. The number of hydrogen-bond acceptors (Lipinski definition) is 1. The lowest BCUT2D eigenvalue weighted by Gasteiger charge is -2.00. The van der Waals surface area contributed by atoms with E-state index in [0.29, 0.717) is 12.3 Å². The topological polar surface area (TPSA) is 0 Å². The summed E-state index contributed by atoms with van der Waals surface area (Å²) in [6.45, 7) is -0.229. The van der Waals surface area contributed by atoms with Crippen molar-refractivity contribution in [2.75, 3.05) is 12.4 Å². The molecular weight excluding hydrogens is 207 g/mol. The van der Waals surface area contributed by atoms with Gasteiger partial charge in [-0.1, -0.05) is 12.1 Å². The molecule has 0 bridgehead atoms. The van der Waals surface area contributed by atoms with Gasteiger partial charge in [0.25, 0.3) is 0 Å². The number of rotatable bonds is 5. The fourth-order valence-corrected chi connectivity index (χ4v) is 1.92. The van der Waals surface area contributed by atoms with E-state index in [9.17, 15) is 4.39 Å². The van der Waals surface area contributed by atoms with Gasteiger partial charge in [-0.05, 0) is 24.1 Å². The van der Waals surface area contributed by atoms with E-state index in [2.05, 4.69) is 0 Å². The molecule has 0 aliphatic rings. The van der Waals surface area contributed by atoms with Crippen LogP contribution in [-0.2, 0) is 5.88 Å². The maximum absolute atomic E-state index is 11.8. The summed E-state index contributed by atoms with van der Waals surface area (Å²) >= 11 is 7.33. The normalized spacial score (nSPS) is 10.3. The minimum Gasteiger partial charge on any atom is -0.251 e. The Kier molecular flexibility index (Phi) is 5.25. The van der Waals surface area contributed by atoms with E-state index in [4.69, 9.17) is 11.6 Å². The minimum absolute atomic E-state index is 0.229. The quantitative estimate of drug-likeness (QED) is 0.411. The Hall–Kier alpha value is -0.210. The molecule has 0 aliphatic carbocycles. The SMILES string of the molecule is FCCCSc1ccc(CCl)cc1. The highest BCUT2D eigenvalue weighted by Crippen LogP contribution is 2.19. The first kappa shape index (κ1) is 10.9. The van der Waals surface area contributed by atoms with Gasteiger partial charge < -0.3 is 0 Å². The van der Waals surface area contributed by atoms with Gasteiger partial charge in [0.1, 0.15) is 0 Å². The molecule has 0 saturated carbocycles. The Morgan fingerprint density at radius 2 is 1.92 bits per heavy atom. The molecule has 0 aliphatic heterocycles. The summed E-state index contributed by atoms with van der Waals surface area (Å²) < 4.78 is 11.8. The molecular formula is C10H12ClFS. The molecule has 0 amide bonds. The zero-order chi connectivity index (χ0) is 9.52. The van der Waals surface area contributed by atoms with Gasteiger partial charge in [0, 0.05) is 16.5 Å². The van der Waals surface area contributed by atoms with Gasteiger partial charge in [-0.2, -0.15) is 0 Å². The molecule has 0 atom stereocenters. The van der Waals surface area contributed by atoms with Gasteiger partial charge in [-0.15, -0.1) is 23.4 Å². The van der Waals surface area contributed by atoms with E-state index in [1.165, 1.54) is 4.90 Å². The van der Waals surface area contributed by atoms with Crippen molar-refractivity contribution in [2.24, 2.45) is 0 Å². The molecule has 0 nitrogen and oxygen atoms in total. The second kappa shape index (κ2) is 6.28. The van der Waals surface area contributed by atoms with Crippen LogP contribution < -0.4 is 0 Å². The van der Waals surface area contributed by atoms with Crippen molar-refractivity contribution in [3.63, 3.8) is 0 Å². The summed E-state index contributed by atoms with van der Waals surface area (Å²) in [7, 11) is 0. The van der Waals surface area contributed by atoms with Crippen molar-refractivity contribution >= 4 is 23.4 Å². The van der Waals surface area contributed by atoms with Crippen molar-refractivity contribution in [2.45, 2.75) is 17.2 Å². The average molecular weight is 219 g/mol. The lowest BCUT2D eigenvalue weighted by molar-refractivity contribution is 0.489. The third-order valence-corrected chi connectivity index (χ3v) is 3.03. The second-order valence-electron chi connectivity index (χ2n) is 2.67. The van der Waals surface area contributed by atoms with E-state index in [0.717, 1.165) is 11.3 Å². The molecule has 13 heavy (non-hydrogen) atoms. The third-order valence-electron chi connectivity index (χ3n) is 1.62. The first-order valence-corrected chi connectivity index (χ1v) is 5.72. The molecule has 0 fully saturated rings. The largest absolute Gasteiger partial charge is 0.251 e. The molecule has 1 aromatic carbocycles. The van der Waals surface area contributed by atoms with Crippen LogP contribution in [0.5, 0.6) is 0 Å². The van der Waals surface area contributed by atoms with Gasteiger partial charge in [0.05, 0.1) is 6.67 Å². The molecule has 3 heteroatoms. The van der Waals surface area contributed by atoms with E-state index < -0.39 is 0 Å². The molecule has 0 unspecified atom stereocenters. The van der Waals surface area contributed by atoms with Crippen LogP contribution in [0.15, 0.2) is 29.2 Å². The zero-order valence-electron chi connectivity index (χ0n) is 7.30. The smallest absolute Gasteiger partial charge is 0.0902 e. The lowest BCUT2D eigenvalue weighted by atomic mass is 10.2. The molecule has 0 heterocycles. The maximum Gasteiger partial charge on any atom is 0.0902 e. The highest BCUT2D eigenvalue weighted by Gasteiger charge is 1.94. The van der Waals surface area contributed by atoms with Crippen LogP contribution in [0.25, 0.3) is 0 Å². The summed E-state index contributed by atoms with van der Waals surface area (Å²) in [6.07, 6.45) is 0.627. The Morgan fingerprint density at radius 1 is 1.23 bits per heavy atom. The standard InChI is InChI=1S/C10H12ClFS/c11-8-9-2-4-10(5-3-9)13-7-1-6-12/h2-5H,1,6-8H2.